The number of carbonyl (C=O) groups is 1. The van der Waals surface area contributed by atoms with E-state index in [9.17, 15) is 4.79 Å². The third-order valence-electron chi connectivity index (χ3n) is 4.11. The Morgan fingerprint density at radius 3 is 1.97 bits per heavy atom. The number of hydrazine groups is 1. The van der Waals surface area contributed by atoms with Crippen LogP contribution in [-0.2, 0) is 6.61 Å². The third kappa shape index (κ3) is 6.92. The van der Waals surface area contributed by atoms with Crippen LogP contribution in [0.5, 0.6) is 17.2 Å². The van der Waals surface area contributed by atoms with E-state index in [-0.39, 0.29) is 17.5 Å². The van der Waals surface area contributed by atoms with Crippen LogP contribution in [0.25, 0.3) is 0 Å². The van der Waals surface area contributed by atoms with Crippen molar-refractivity contribution >= 4 is 28.9 Å². The van der Waals surface area contributed by atoms with Crippen LogP contribution in [0.15, 0.2) is 65.1 Å². The van der Waals surface area contributed by atoms with Gasteiger partial charge in [-0.3, -0.25) is 15.6 Å². The van der Waals surface area contributed by atoms with Crippen LogP contribution in [0.4, 0.5) is 5.69 Å². The molecule has 2 aromatic carbocycles. The van der Waals surface area contributed by atoms with Crippen molar-refractivity contribution in [2.24, 2.45) is 0 Å². The Bertz CT molecular complexity index is 1020. The van der Waals surface area contributed by atoms with Crippen molar-refractivity contribution < 1.29 is 23.4 Å². The third-order valence-corrected chi connectivity index (χ3v) is 4.32. The number of rotatable bonds is 9. The molecule has 0 saturated carbocycles. The number of amides is 1. The standard InChI is InChI=1S/C23H25N3O5S/c1-3-28-17-7-5-16(6-8-17)24-23(32)26-25-22(27)21-14-13-20(31-21)15-30-19-11-9-18(10-12-19)29-4-2/h5-14H,3-4,15H2,1-2H3,(H,25,27)(H2,24,26,32). The van der Waals surface area contributed by atoms with E-state index in [1.165, 1.54) is 0 Å². The summed E-state index contributed by atoms with van der Waals surface area (Å²) in [5.41, 5.74) is 5.88. The number of hydrogen-bond donors (Lipinski definition) is 3. The summed E-state index contributed by atoms with van der Waals surface area (Å²) < 4.78 is 22.0. The first-order valence-electron chi connectivity index (χ1n) is 10.1. The minimum atomic E-state index is -0.465. The predicted molar refractivity (Wildman–Crippen MR) is 125 cm³/mol. The monoisotopic (exact) mass is 455 g/mol. The lowest BCUT2D eigenvalue weighted by Gasteiger charge is -2.11. The SMILES string of the molecule is CCOc1ccc(NC(=S)NNC(=O)c2ccc(COc3ccc(OCC)cc3)o2)cc1. The average Bonchev–Trinajstić information content (AvgIpc) is 3.28. The maximum atomic E-state index is 12.3. The maximum absolute atomic E-state index is 12.3. The summed E-state index contributed by atoms with van der Waals surface area (Å²) in [4.78, 5) is 12.3. The molecular formula is C23H25N3O5S. The van der Waals surface area contributed by atoms with E-state index in [4.69, 9.17) is 30.8 Å². The molecule has 0 unspecified atom stereocenters. The molecule has 1 heterocycles. The number of benzene rings is 2. The van der Waals surface area contributed by atoms with Gasteiger partial charge in [0.05, 0.1) is 13.2 Å². The van der Waals surface area contributed by atoms with Gasteiger partial charge in [0, 0.05) is 5.69 Å². The number of anilines is 1. The van der Waals surface area contributed by atoms with Crippen molar-refractivity contribution in [3.05, 3.63) is 72.2 Å². The normalized spacial score (nSPS) is 10.2. The second-order valence-electron chi connectivity index (χ2n) is 6.45. The molecular weight excluding hydrogens is 430 g/mol. The molecule has 0 spiro atoms. The molecule has 0 bridgehead atoms. The lowest BCUT2D eigenvalue weighted by molar-refractivity contribution is 0.0912. The van der Waals surface area contributed by atoms with Crippen molar-refractivity contribution in [1.82, 2.24) is 10.9 Å². The topological polar surface area (TPSA) is 94.0 Å². The number of hydrogen-bond acceptors (Lipinski definition) is 6. The van der Waals surface area contributed by atoms with E-state index in [2.05, 4.69) is 16.2 Å². The first kappa shape index (κ1) is 23.0. The lowest BCUT2D eigenvalue weighted by Crippen LogP contribution is -2.43. The zero-order valence-electron chi connectivity index (χ0n) is 17.8. The summed E-state index contributed by atoms with van der Waals surface area (Å²) in [5.74, 6) is 2.40. The molecule has 1 amide bonds. The second kappa shape index (κ2) is 11.6. The van der Waals surface area contributed by atoms with E-state index >= 15 is 0 Å². The van der Waals surface area contributed by atoms with Gasteiger partial charge in [0.1, 0.15) is 29.6 Å². The van der Waals surface area contributed by atoms with Crippen molar-refractivity contribution in [2.45, 2.75) is 20.5 Å². The van der Waals surface area contributed by atoms with Crippen LogP contribution >= 0.6 is 12.2 Å². The van der Waals surface area contributed by atoms with Gasteiger partial charge in [-0.15, -0.1) is 0 Å². The zero-order chi connectivity index (χ0) is 22.8. The van der Waals surface area contributed by atoms with Crippen LogP contribution in [0, 0.1) is 0 Å². The average molecular weight is 456 g/mol. The van der Waals surface area contributed by atoms with E-state index in [0.29, 0.717) is 24.7 Å². The first-order chi connectivity index (χ1) is 15.6. The molecule has 32 heavy (non-hydrogen) atoms. The summed E-state index contributed by atoms with van der Waals surface area (Å²) in [6.45, 7) is 5.24. The molecule has 0 aliphatic rings. The number of ether oxygens (including phenoxy) is 3. The molecule has 0 saturated heterocycles. The Morgan fingerprint density at radius 2 is 1.38 bits per heavy atom. The molecule has 168 valence electrons. The highest BCUT2D eigenvalue weighted by molar-refractivity contribution is 7.80. The molecule has 3 aromatic rings. The maximum Gasteiger partial charge on any atom is 0.305 e. The van der Waals surface area contributed by atoms with Crippen molar-refractivity contribution in [3.63, 3.8) is 0 Å². The molecule has 3 rings (SSSR count). The lowest BCUT2D eigenvalue weighted by atomic mass is 10.3. The molecule has 3 N–H and O–H groups in total. The highest BCUT2D eigenvalue weighted by Gasteiger charge is 2.12. The Kier molecular flexibility index (Phi) is 8.33. The fraction of sp³-hybridized carbons (Fsp3) is 0.217. The van der Waals surface area contributed by atoms with Gasteiger partial charge in [0.15, 0.2) is 10.9 Å². The van der Waals surface area contributed by atoms with Gasteiger partial charge in [-0.05, 0) is 86.7 Å². The highest BCUT2D eigenvalue weighted by Crippen LogP contribution is 2.19. The van der Waals surface area contributed by atoms with E-state index in [1.807, 2.05) is 62.4 Å². The first-order valence-corrected chi connectivity index (χ1v) is 10.5. The van der Waals surface area contributed by atoms with Crippen LogP contribution in [0.2, 0.25) is 0 Å². The predicted octanol–water partition coefficient (Wildman–Crippen LogP) is 4.29. The summed E-state index contributed by atoms with van der Waals surface area (Å²) in [7, 11) is 0. The summed E-state index contributed by atoms with van der Waals surface area (Å²) in [6.07, 6.45) is 0. The molecule has 0 aliphatic heterocycles. The fourth-order valence-electron chi connectivity index (χ4n) is 2.67. The Morgan fingerprint density at radius 1 is 0.812 bits per heavy atom. The van der Waals surface area contributed by atoms with Gasteiger partial charge in [-0.2, -0.15) is 0 Å². The number of carbonyl (C=O) groups excluding carboxylic acids is 1. The molecule has 9 heteroatoms. The molecule has 8 nitrogen and oxygen atoms in total. The van der Waals surface area contributed by atoms with Crippen LogP contribution in [0.3, 0.4) is 0 Å². The molecule has 0 atom stereocenters. The van der Waals surface area contributed by atoms with Gasteiger partial charge in [-0.25, -0.2) is 0 Å². The second-order valence-corrected chi connectivity index (χ2v) is 6.86. The Labute approximate surface area is 191 Å². The highest BCUT2D eigenvalue weighted by atomic mass is 32.1. The summed E-state index contributed by atoms with van der Waals surface area (Å²) in [6, 6.07) is 17.8. The van der Waals surface area contributed by atoms with Gasteiger partial charge in [-0.1, -0.05) is 0 Å². The van der Waals surface area contributed by atoms with Crippen molar-refractivity contribution in [2.75, 3.05) is 18.5 Å². The smallest absolute Gasteiger partial charge is 0.305 e. The quantitative estimate of drug-likeness (QED) is 0.325. The fourth-order valence-corrected chi connectivity index (χ4v) is 2.84. The van der Waals surface area contributed by atoms with Crippen LogP contribution in [0.1, 0.15) is 30.2 Å². The van der Waals surface area contributed by atoms with Gasteiger partial charge in [0.2, 0.25) is 0 Å². The minimum absolute atomic E-state index is 0.131. The number of thiocarbonyl (C=S) groups is 1. The van der Waals surface area contributed by atoms with E-state index in [0.717, 1.165) is 17.2 Å². The molecule has 0 radical (unpaired) electrons. The van der Waals surface area contributed by atoms with Crippen molar-refractivity contribution in [1.29, 1.82) is 0 Å². The largest absolute Gasteiger partial charge is 0.494 e. The number of furan rings is 1. The molecule has 1 aromatic heterocycles. The Hall–Kier alpha value is -3.72. The van der Waals surface area contributed by atoms with Crippen LogP contribution < -0.4 is 30.4 Å². The summed E-state index contributed by atoms with van der Waals surface area (Å²) >= 11 is 5.19. The van der Waals surface area contributed by atoms with E-state index in [1.54, 1.807) is 12.1 Å². The zero-order valence-corrected chi connectivity index (χ0v) is 18.7. The van der Waals surface area contributed by atoms with Crippen molar-refractivity contribution in [3.8, 4) is 17.2 Å². The minimum Gasteiger partial charge on any atom is -0.494 e. The van der Waals surface area contributed by atoms with Crippen LogP contribution in [-0.4, -0.2) is 24.2 Å². The Balaban J connectivity index is 1.43. The summed E-state index contributed by atoms with van der Waals surface area (Å²) in [5, 5.41) is 3.19. The molecule has 0 fully saturated rings. The van der Waals surface area contributed by atoms with Gasteiger partial charge in [0.25, 0.3) is 0 Å². The molecule has 0 aliphatic carbocycles. The van der Waals surface area contributed by atoms with Gasteiger partial charge >= 0.3 is 5.91 Å². The van der Waals surface area contributed by atoms with Gasteiger partial charge < -0.3 is 23.9 Å². The number of nitrogens with one attached hydrogen (secondary N) is 3. The van der Waals surface area contributed by atoms with E-state index < -0.39 is 5.91 Å².